The Labute approximate surface area is 191 Å². The number of Topliss-reactive ketones (excluding diaryl/α,β-unsaturated/α-hetero) is 1. The average molecular weight is 446 g/mol. The van der Waals surface area contributed by atoms with E-state index in [1.807, 2.05) is 66.1 Å². The fraction of sp³-hybridized carbons (Fsp3) is 0.160. The van der Waals surface area contributed by atoms with Crippen molar-refractivity contribution in [2.24, 2.45) is 0 Å². The van der Waals surface area contributed by atoms with E-state index in [-0.39, 0.29) is 18.1 Å². The third-order valence-corrected chi connectivity index (χ3v) is 5.78. The molecule has 0 unspecified atom stereocenters. The molecular formula is C25H23N3O3S. The number of carbonyl (C=O) groups is 1. The van der Waals surface area contributed by atoms with Crippen LogP contribution in [0.4, 0.5) is 0 Å². The monoisotopic (exact) mass is 445 g/mol. The summed E-state index contributed by atoms with van der Waals surface area (Å²) in [5.74, 6) is 2.41. The molecule has 3 aromatic carbocycles. The normalized spacial score (nSPS) is 10.7. The van der Waals surface area contributed by atoms with Crippen LogP contribution in [0.5, 0.6) is 11.5 Å². The van der Waals surface area contributed by atoms with Crippen molar-refractivity contribution in [2.75, 3.05) is 12.9 Å². The van der Waals surface area contributed by atoms with Crippen LogP contribution in [0.1, 0.15) is 21.7 Å². The van der Waals surface area contributed by atoms with Crippen molar-refractivity contribution in [1.82, 2.24) is 14.8 Å². The summed E-state index contributed by atoms with van der Waals surface area (Å²) in [5, 5.41) is 9.31. The zero-order valence-corrected chi connectivity index (χ0v) is 18.7. The van der Waals surface area contributed by atoms with Crippen LogP contribution in [-0.4, -0.2) is 33.4 Å². The molecule has 0 aliphatic heterocycles. The van der Waals surface area contributed by atoms with Gasteiger partial charge in [-0.25, -0.2) is 0 Å². The summed E-state index contributed by atoms with van der Waals surface area (Å²) in [7, 11) is 1.60. The molecule has 0 aliphatic rings. The highest BCUT2D eigenvalue weighted by Gasteiger charge is 2.17. The molecule has 1 heterocycles. The van der Waals surface area contributed by atoms with E-state index in [4.69, 9.17) is 9.47 Å². The zero-order valence-electron chi connectivity index (χ0n) is 17.9. The second-order valence-electron chi connectivity index (χ2n) is 7.11. The van der Waals surface area contributed by atoms with Crippen LogP contribution in [-0.2, 0) is 6.61 Å². The predicted octanol–water partition coefficient (Wildman–Crippen LogP) is 5.14. The third kappa shape index (κ3) is 5.18. The standard InChI is InChI=1S/C25H23N3O3S/c1-18-8-12-22(13-9-18)31-16-24-26-27-25(28(24)20-6-4-3-5-7-20)32-17-23(29)19-10-14-21(30-2)15-11-19/h3-15H,16-17H2,1-2H3. The van der Waals surface area contributed by atoms with Crippen molar-refractivity contribution in [3.05, 3.63) is 95.8 Å². The van der Waals surface area contributed by atoms with Crippen molar-refractivity contribution < 1.29 is 14.3 Å². The quantitative estimate of drug-likeness (QED) is 0.263. The van der Waals surface area contributed by atoms with Crippen LogP contribution in [0.3, 0.4) is 0 Å². The Morgan fingerprint density at radius 1 is 0.906 bits per heavy atom. The number of benzene rings is 3. The van der Waals surface area contributed by atoms with Gasteiger partial charge in [0.1, 0.15) is 18.1 Å². The Hall–Kier alpha value is -3.58. The fourth-order valence-electron chi connectivity index (χ4n) is 3.10. The van der Waals surface area contributed by atoms with E-state index in [1.165, 1.54) is 17.3 Å². The van der Waals surface area contributed by atoms with Crippen molar-refractivity contribution in [1.29, 1.82) is 0 Å². The number of ketones is 1. The lowest BCUT2D eigenvalue weighted by Gasteiger charge is -2.11. The lowest BCUT2D eigenvalue weighted by atomic mass is 10.1. The van der Waals surface area contributed by atoms with Gasteiger partial charge in [-0.05, 0) is 55.5 Å². The summed E-state index contributed by atoms with van der Waals surface area (Å²) >= 11 is 1.35. The number of para-hydroxylation sites is 1. The van der Waals surface area contributed by atoms with Crippen molar-refractivity contribution in [2.45, 2.75) is 18.7 Å². The smallest absolute Gasteiger partial charge is 0.196 e. The van der Waals surface area contributed by atoms with E-state index in [0.29, 0.717) is 16.5 Å². The molecule has 0 N–H and O–H groups in total. The highest BCUT2D eigenvalue weighted by Crippen LogP contribution is 2.24. The van der Waals surface area contributed by atoms with Gasteiger partial charge in [0, 0.05) is 11.3 Å². The first kappa shape index (κ1) is 21.6. The van der Waals surface area contributed by atoms with Crippen LogP contribution in [0.15, 0.2) is 84.0 Å². The minimum atomic E-state index is 0.0118. The maximum absolute atomic E-state index is 12.7. The number of aromatic nitrogens is 3. The van der Waals surface area contributed by atoms with Crippen LogP contribution in [0, 0.1) is 6.92 Å². The van der Waals surface area contributed by atoms with E-state index in [1.54, 1.807) is 31.4 Å². The summed E-state index contributed by atoms with van der Waals surface area (Å²) < 4.78 is 13.0. The Balaban J connectivity index is 1.52. The molecule has 0 saturated carbocycles. The molecule has 0 atom stereocenters. The van der Waals surface area contributed by atoms with Crippen LogP contribution < -0.4 is 9.47 Å². The summed E-state index contributed by atoms with van der Waals surface area (Å²) in [6, 6.07) is 24.8. The number of hydrogen-bond donors (Lipinski definition) is 0. The predicted molar refractivity (Wildman–Crippen MR) is 125 cm³/mol. The maximum Gasteiger partial charge on any atom is 0.196 e. The summed E-state index contributed by atoms with van der Waals surface area (Å²) in [4.78, 5) is 12.7. The van der Waals surface area contributed by atoms with Gasteiger partial charge in [0.05, 0.1) is 12.9 Å². The van der Waals surface area contributed by atoms with E-state index in [0.717, 1.165) is 17.2 Å². The number of nitrogens with zero attached hydrogens (tertiary/aromatic N) is 3. The molecular weight excluding hydrogens is 422 g/mol. The summed E-state index contributed by atoms with van der Waals surface area (Å²) in [6.07, 6.45) is 0. The SMILES string of the molecule is COc1ccc(C(=O)CSc2nnc(COc3ccc(C)cc3)n2-c2ccccc2)cc1. The lowest BCUT2D eigenvalue weighted by molar-refractivity contribution is 0.102. The Morgan fingerprint density at radius 3 is 2.28 bits per heavy atom. The number of ether oxygens (including phenoxy) is 2. The van der Waals surface area contributed by atoms with Gasteiger partial charge in [-0.2, -0.15) is 0 Å². The molecule has 0 amide bonds. The molecule has 4 aromatic rings. The molecule has 0 radical (unpaired) electrons. The van der Waals surface area contributed by atoms with E-state index in [2.05, 4.69) is 10.2 Å². The molecule has 0 bridgehead atoms. The van der Waals surface area contributed by atoms with Crippen LogP contribution >= 0.6 is 11.8 Å². The number of aryl methyl sites for hydroxylation is 1. The van der Waals surface area contributed by atoms with E-state index in [9.17, 15) is 4.79 Å². The molecule has 0 saturated heterocycles. The molecule has 1 aromatic heterocycles. The van der Waals surface area contributed by atoms with Gasteiger partial charge in [-0.15, -0.1) is 10.2 Å². The largest absolute Gasteiger partial charge is 0.497 e. The molecule has 162 valence electrons. The Kier molecular flexibility index (Phi) is 6.87. The van der Waals surface area contributed by atoms with Crippen molar-refractivity contribution in [3.8, 4) is 17.2 Å². The lowest BCUT2D eigenvalue weighted by Crippen LogP contribution is -2.08. The number of thioether (sulfide) groups is 1. The van der Waals surface area contributed by atoms with E-state index < -0.39 is 0 Å². The van der Waals surface area contributed by atoms with Crippen LogP contribution in [0.25, 0.3) is 5.69 Å². The molecule has 0 fully saturated rings. The molecule has 0 spiro atoms. The van der Waals surface area contributed by atoms with Gasteiger partial charge in [-0.1, -0.05) is 47.7 Å². The first-order chi connectivity index (χ1) is 15.6. The zero-order chi connectivity index (χ0) is 22.3. The summed E-state index contributed by atoms with van der Waals surface area (Å²) in [5.41, 5.74) is 2.72. The second kappa shape index (κ2) is 10.2. The number of rotatable bonds is 9. The molecule has 7 heteroatoms. The van der Waals surface area contributed by atoms with Gasteiger partial charge < -0.3 is 9.47 Å². The second-order valence-corrected chi connectivity index (χ2v) is 8.05. The van der Waals surface area contributed by atoms with Crippen LogP contribution in [0.2, 0.25) is 0 Å². The van der Waals surface area contributed by atoms with Gasteiger partial charge in [-0.3, -0.25) is 9.36 Å². The first-order valence-electron chi connectivity index (χ1n) is 10.1. The maximum atomic E-state index is 12.7. The van der Waals surface area contributed by atoms with Gasteiger partial charge >= 0.3 is 0 Å². The highest BCUT2D eigenvalue weighted by molar-refractivity contribution is 7.99. The number of carbonyl (C=O) groups excluding carboxylic acids is 1. The van der Waals surface area contributed by atoms with Crippen molar-refractivity contribution >= 4 is 17.5 Å². The number of hydrogen-bond acceptors (Lipinski definition) is 6. The Bertz CT molecular complexity index is 1170. The molecule has 32 heavy (non-hydrogen) atoms. The topological polar surface area (TPSA) is 66.2 Å². The number of methoxy groups -OCH3 is 1. The van der Waals surface area contributed by atoms with Crippen molar-refractivity contribution in [3.63, 3.8) is 0 Å². The molecule has 4 rings (SSSR count). The third-order valence-electron chi connectivity index (χ3n) is 4.85. The first-order valence-corrected chi connectivity index (χ1v) is 11.1. The highest BCUT2D eigenvalue weighted by atomic mass is 32.2. The fourth-order valence-corrected chi connectivity index (χ4v) is 3.96. The molecule has 6 nitrogen and oxygen atoms in total. The minimum absolute atomic E-state index is 0.0118. The van der Waals surface area contributed by atoms with E-state index >= 15 is 0 Å². The minimum Gasteiger partial charge on any atom is -0.497 e. The molecule has 0 aliphatic carbocycles. The van der Waals surface area contributed by atoms with Gasteiger partial charge in [0.2, 0.25) is 0 Å². The Morgan fingerprint density at radius 2 is 1.59 bits per heavy atom. The summed E-state index contributed by atoms with van der Waals surface area (Å²) in [6.45, 7) is 2.30. The van der Waals surface area contributed by atoms with Gasteiger partial charge in [0.15, 0.2) is 16.8 Å². The average Bonchev–Trinajstić information content (AvgIpc) is 3.25. The van der Waals surface area contributed by atoms with Gasteiger partial charge in [0.25, 0.3) is 0 Å².